The Bertz CT molecular complexity index is 323. The van der Waals surface area contributed by atoms with Crippen LogP contribution in [0.15, 0.2) is 6.07 Å². The van der Waals surface area contributed by atoms with Gasteiger partial charge in [-0.25, -0.2) is 0 Å². The highest BCUT2D eigenvalue weighted by molar-refractivity contribution is 6.32. The molecule has 0 aromatic heterocycles. The minimum atomic E-state index is 0.0997. The fourth-order valence-corrected chi connectivity index (χ4v) is 1.39. The summed E-state index contributed by atoms with van der Waals surface area (Å²) in [7, 11) is 3.00. The van der Waals surface area contributed by atoms with Gasteiger partial charge in [0.1, 0.15) is 5.75 Å². The number of methoxy groups -OCH3 is 2. The van der Waals surface area contributed by atoms with Crippen molar-refractivity contribution in [1.82, 2.24) is 0 Å². The Kier molecular flexibility index (Phi) is 2.88. The first-order chi connectivity index (χ1) is 6.11. The van der Waals surface area contributed by atoms with Gasteiger partial charge in [0.15, 0.2) is 11.5 Å². The molecule has 0 amide bonds. The molecule has 0 unspecified atom stereocenters. The Morgan fingerprint density at radius 2 is 1.77 bits per heavy atom. The van der Waals surface area contributed by atoms with E-state index in [0.29, 0.717) is 22.1 Å². The van der Waals surface area contributed by atoms with Crippen LogP contribution < -0.4 is 9.47 Å². The van der Waals surface area contributed by atoms with Gasteiger partial charge in [0.2, 0.25) is 0 Å². The predicted octanol–water partition coefficient (Wildman–Crippen LogP) is 2.37. The van der Waals surface area contributed by atoms with Crippen molar-refractivity contribution in [2.75, 3.05) is 14.2 Å². The number of rotatable bonds is 2. The van der Waals surface area contributed by atoms with Crippen LogP contribution >= 0.6 is 11.6 Å². The number of ether oxygens (including phenoxy) is 2. The second kappa shape index (κ2) is 3.75. The normalized spacial score (nSPS) is 9.85. The molecule has 1 rings (SSSR count). The van der Waals surface area contributed by atoms with Crippen LogP contribution in [-0.2, 0) is 0 Å². The van der Waals surface area contributed by atoms with E-state index in [4.69, 9.17) is 21.1 Å². The van der Waals surface area contributed by atoms with Crippen LogP contribution in [0.3, 0.4) is 0 Å². The number of phenols is 1. The van der Waals surface area contributed by atoms with Crippen molar-refractivity contribution < 1.29 is 14.6 Å². The molecular weight excluding hydrogens is 192 g/mol. The van der Waals surface area contributed by atoms with E-state index in [-0.39, 0.29) is 5.75 Å². The highest BCUT2D eigenvalue weighted by atomic mass is 35.5. The second-order valence-electron chi connectivity index (χ2n) is 2.57. The van der Waals surface area contributed by atoms with Gasteiger partial charge in [-0.2, -0.15) is 0 Å². The number of hydrogen-bond donors (Lipinski definition) is 1. The van der Waals surface area contributed by atoms with Gasteiger partial charge in [-0.1, -0.05) is 11.6 Å². The molecule has 0 saturated heterocycles. The minimum Gasteiger partial charge on any atom is -0.507 e. The SMILES string of the molecule is COc1c(Cl)cc(O)c(C)c1OC. The molecule has 3 nitrogen and oxygen atoms in total. The molecule has 0 aliphatic carbocycles. The third-order valence-corrected chi connectivity index (χ3v) is 2.10. The van der Waals surface area contributed by atoms with Gasteiger partial charge in [-0.15, -0.1) is 0 Å². The first-order valence-corrected chi connectivity index (χ1v) is 4.09. The van der Waals surface area contributed by atoms with Gasteiger partial charge in [-0.05, 0) is 6.92 Å². The summed E-state index contributed by atoms with van der Waals surface area (Å²) in [6.07, 6.45) is 0. The predicted molar refractivity (Wildman–Crippen MR) is 51.0 cm³/mol. The van der Waals surface area contributed by atoms with Crippen molar-refractivity contribution in [3.63, 3.8) is 0 Å². The molecule has 1 aromatic rings. The van der Waals surface area contributed by atoms with Crippen molar-refractivity contribution in [1.29, 1.82) is 0 Å². The fourth-order valence-electron chi connectivity index (χ4n) is 1.12. The molecule has 0 spiro atoms. The molecule has 13 heavy (non-hydrogen) atoms. The third kappa shape index (κ3) is 1.65. The van der Waals surface area contributed by atoms with Crippen LogP contribution in [-0.4, -0.2) is 19.3 Å². The Balaban J connectivity index is 3.41. The zero-order valence-corrected chi connectivity index (χ0v) is 8.47. The van der Waals surface area contributed by atoms with Crippen molar-refractivity contribution in [3.05, 3.63) is 16.7 Å². The highest BCUT2D eigenvalue weighted by Gasteiger charge is 2.14. The molecule has 0 fully saturated rings. The molecule has 0 atom stereocenters. The summed E-state index contributed by atoms with van der Waals surface area (Å²) in [5.74, 6) is 1.01. The largest absolute Gasteiger partial charge is 0.507 e. The third-order valence-electron chi connectivity index (χ3n) is 1.82. The zero-order chi connectivity index (χ0) is 10.0. The quantitative estimate of drug-likeness (QED) is 0.800. The lowest BCUT2D eigenvalue weighted by Gasteiger charge is -2.12. The van der Waals surface area contributed by atoms with Gasteiger partial charge in [0.25, 0.3) is 0 Å². The molecule has 72 valence electrons. The summed E-state index contributed by atoms with van der Waals surface area (Å²) in [4.78, 5) is 0. The summed E-state index contributed by atoms with van der Waals surface area (Å²) in [5.41, 5.74) is 0.615. The fraction of sp³-hybridized carbons (Fsp3) is 0.333. The lowest BCUT2D eigenvalue weighted by Crippen LogP contribution is -1.94. The topological polar surface area (TPSA) is 38.7 Å². The van der Waals surface area contributed by atoms with E-state index in [1.807, 2.05) is 0 Å². The number of halogens is 1. The molecule has 0 radical (unpaired) electrons. The molecule has 0 saturated carbocycles. The van der Waals surface area contributed by atoms with Crippen LogP contribution in [0.1, 0.15) is 5.56 Å². The van der Waals surface area contributed by atoms with Crippen molar-refractivity contribution in [2.24, 2.45) is 0 Å². The average Bonchev–Trinajstić information content (AvgIpc) is 2.10. The summed E-state index contributed by atoms with van der Waals surface area (Å²) in [6, 6.07) is 1.43. The van der Waals surface area contributed by atoms with Crippen molar-refractivity contribution >= 4 is 11.6 Å². The summed E-state index contributed by atoms with van der Waals surface area (Å²) in [6.45, 7) is 1.73. The number of benzene rings is 1. The molecular formula is C9H11ClO3. The Labute approximate surface area is 81.9 Å². The van der Waals surface area contributed by atoms with E-state index in [0.717, 1.165) is 0 Å². The first-order valence-electron chi connectivity index (χ1n) is 3.71. The van der Waals surface area contributed by atoms with Gasteiger partial charge in [0.05, 0.1) is 19.2 Å². The summed E-state index contributed by atoms with van der Waals surface area (Å²) in [5, 5.41) is 9.75. The molecule has 1 aromatic carbocycles. The monoisotopic (exact) mass is 202 g/mol. The van der Waals surface area contributed by atoms with Crippen LogP contribution in [0.2, 0.25) is 5.02 Å². The molecule has 0 bridgehead atoms. The maximum absolute atomic E-state index is 9.41. The molecule has 0 aliphatic rings. The maximum atomic E-state index is 9.41. The maximum Gasteiger partial charge on any atom is 0.179 e. The minimum absolute atomic E-state index is 0.0997. The van der Waals surface area contributed by atoms with E-state index in [1.165, 1.54) is 20.3 Å². The van der Waals surface area contributed by atoms with E-state index in [2.05, 4.69) is 0 Å². The second-order valence-corrected chi connectivity index (χ2v) is 2.98. The van der Waals surface area contributed by atoms with E-state index >= 15 is 0 Å². The molecule has 0 heterocycles. The van der Waals surface area contributed by atoms with Crippen LogP contribution in [0, 0.1) is 6.92 Å². The molecule has 0 aliphatic heterocycles. The standard InChI is InChI=1S/C9H11ClO3/c1-5-7(11)4-6(10)9(13-3)8(5)12-2/h4,11H,1-3H3. The molecule has 1 N–H and O–H groups in total. The summed E-state index contributed by atoms with van der Waals surface area (Å²) >= 11 is 5.82. The lowest BCUT2D eigenvalue weighted by molar-refractivity contribution is 0.349. The van der Waals surface area contributed by atoms with Gasteiger partial charge in [0, 0.05) is 11.6 Å². The van der Waals surface area contributed by atoms with Crippen LogP contribution in [0.5, 0.6) is 17.2 Å². The lowest BCUT2D eigenvalue weighted by atomic mass is 10.2. The van der Waals surface area contributed by atoms with E-state index in [1.54, 1.807) is 6.92 Å². The van der Waals surface area contributed by atoms with Gasteiger partial charge >= 0.3 is 0 Å². The number of hydrogen-bond acceptors (Lipinski definition) is 3. The summed E-state index contributed by atoms with van der Waals surface area (Å²) < 4.78 is 10.1. The van der Waals surface area contributed by atoms with Gasteiger partial charge in [-0.3, -0.25) is 0 Å². The first kappa shape index (κ1) is 9.99. The molecule has 4 heteroatoms. The average molecular weight is 203 g/mol. The number of phenolic OH excluding ortho intramolecular Hbond substituents is 1. The highest BCUT2D eigenvalue weighted by Crippen LogP contribution is 2.41. The smallest absolute Gasteiger partial charge is 0.179 e. The van der Waals surface area contributed by atoms with Crippen LogP contribution in [0.4, 0.5) is 0 Å². The van der Waals surface area contributed by atoms with E-state index < -0.39 is 0 Å². The Morgan fingerprint density at radius 3 is 2.23 bits per heavy atom. The Morgan fingerprint density at radius 1 is 1.23 bits per heavy atom. The van der Waals surface area contributed by atoms with Gasteiger partial charge < -0.3 is 14.6 Å². The Hall–Kier alpha value is -1.09. The van der Waals surface area contributed by atoms with Crippen LogP contribution in [0.25, 0.3) is 0 Å². The number of aromatic hydroxyl groups is 1. The zero-order valence-electron chi connectivity index (χ0n) is 7.72. The van der Waals surface area contributed by atoms with Crippen molar-refractivity contribution in [2.45, 2.75) is 6.92 Å². The van der Waals surface area contributed by atoms with Crippen molar-refractivity contribution in [3.8, 4) is 17.2 Å². The van der Waals surface area contributed by atoms with E-state index in [9.17, 15) is 5.11 Å².